The summed E-state index contributed by atoms with van der Waals surface area (Å²) in [7, 11) is 0. The van der Waals surface area contributed by atoms with Crippen molar-refractivity contribution in [3.8, 4) is 0 Å². The number of amides is 1. The number of nitrogens with zero attached hydrogens (tertiary/aromatic N) is 2. The lowest BCUT2D eigenvalue weighted by molar-refractivity contribution is -0.136. The number of fused-ring (bicyclic) bond motifs is 1. The van der Waals surface area contributed by atoms with E-state index in [9.17, 15) is 4.79 Å². The molecule has 2 aromatic heterocycles. The first kappa shape index (κ1) is 15.0. The van der Waals surface area contributed by atoms with Crippen molar-refractivity contribution in [3.05, 3.63) is 36.2 Å². The van der Waals surface area contributed by atoms with Crippen LogP contribution in [-0.2, 0) is 4.79 Å². The van der Waals surface area contributed by atoms with Crippen molar-refractivity contribution < 1.29 is 4.79 Å². The molecular formula is C17H17Cl2N3O. The molecule has 1 amide bonds. The first-order valence-electron chi connectivity index (χ1n) is 7.71. The summed E-state index contributed by atoms with van der Waals surface area (Å²) in [5.74, 6) is 0.0541. The number of halogens is 2. The van der Waals surface area contributed by atoms with Gasteiger partial charge in [-0.3, -0.25) is 4.79 Å². The molecule has 0 radical (unpaired) electrons. The minimum Gasteiger partial charge on any atom is -0.346 e. The van der Waals surface area contributed by atoms with Crippen molar-refractivity contribution in [3.63, 3.8) is 0 Å². The average Bonchev–Trinajstić information content (AvgIpc) is 2.90. The Kier molecular flexibility index (Phi) is 3.26. The zero-order chi connectivity index (χ0) is 16.2. The second kappa shape index (κ2) is 4.99. The Morgan fingerprint density at radius 3 is 2.87 bits per heavy atom. The summed E-state index contributed by atoms with van der Waals surface area (Å²) < 4.78 is -0.906. The topological polar surface area (TPSA) is 49.0 Å². The minimum absolute atomic E-state index is 0.0541. The van der Waals surface area contributed by atoms with E-state index in [0.717, 1.165) is 17.5 Å². The maximum absolute atomic E-state index is 12.6. The van der Waals surface area contributed by atoms with Crippen molar-refractivity contribution in [1.29, 1.82) is 0 Å². The Morgan fingerprint density at radius 1 is 1.43 bits per heavy atom. The van der Waals surface area contributed by atoms with Gasteiger partial charge in [0.1, 0.15) is 9.98 Å². The number of nitrogens with one attached hydrogen (secondary N) is 1. The summed E-state index contributed by atoms with van der Waals surface area (Å²) >= 11 is 12.3. The van der Waals surface area contributed by atoms with Gasteiger partial charge in [0.05, 0.1) is 5.41 Å². The van der Waals surface area contributed by atoms with Crippen LogP contribution < -0.4 is 0 Å². The van der Waals surface area contributed by atoms with Crippen molar-refractivity contribution in [1.82, 2.24) is 14.9 Å². The van der Waals surface area contributed by atoms with Crippen LogP contribution in [0.25, 0.3) is 16.6 Å². The number of carbonyl (C=O) groups is 1. The molecule has 120 valence electrons. The summed E-state index contributed by atoms with van der Waals surface area (Å²) in [6.07, 6.45) is 7.24. The minimum atomic E-state index is -0.906. The molecule has 3 heterocycles. The summed E-state index contributed by atoms with van der Waals surface area (Å²) in [4.78, 5) is 22.0. The van der Waals surface area contributed by atoms with Crippen LogP contribution in [0.3, 0.4) is 0 Å². The monoisotopic (exact) mass is 349 g/mol. The van der Waals surface area contributed by atoms with Gasteiger partial charge < -0.3 is 9.88 Å². The Morgan fingerprint density at radius 2 is 2.22 bits per heavy atom. The second-order valence-electron chi connectivity index (χ2n) is 6.55. The third kappa shape index (κ3) is 2.27. The molecule has 1 aliphatic heterocycles. The SMILES string of the molecule is C[C@@]1(C(=O)N2CC=C(c3c[nH]c4ncccc34)CC2)CC1(Cl)Cl. The van der Waals surface area contributed by atoms with Crippen molar-refractivity contribution in [2.75, 3.05) is 13.1 Å². The van der Waals surface area contributed by atoms with E-state index in [1.165, 1.54) is 11.1 Å². The van der Waals surface area contributed by atoms with E-state index in [2.05, 4.69) is 22.1 Å². The van der Waals surface area contributed by atoms with Gasteiger partial charge in [-0.1, -0.05) is 6.08 Å². The van der Waals surface area contributed by atoms with Gasteiger partial charge in [-0.2, -0.15) is 0 Å². The lowest BCUT2D eigenvalue weighted by Gasteiger charge is -2.29. The van der Waals surface area contributed by atoms with E-state index in [0.29, 0.717) is 19.5 Å². The molecule has 0 spiro atoms. The highest BCUT2D eigenvalue weighted by atomic mass is 35.5. The Labute approximate surface area is 144 Å². The Balaban J connectivity index is 1.55. The summed E-state index contributed by atoms with van der Waals surface area (Å²) in [6, 6.07) is 4.00. The fraction of sp³-hybridized carbons (Fsp3) is 0.412. The van der Waals surface area contributed by atoms with Crippen LogP contribution >= 0.6 is 23.2 Å². The molecule has 0 bridgehead atoms. The van der Waals surface area contributed by atoms with Gasteiger partial charge in [0.2, 0.25) is 5.91 Å². The lowest BCUT2D eigenvalue weighted by atomic mass is 9.98. The number of aromatic nitrogens is 2. The zero-order valence-corrected chi connectivity index (χ0v) is 14.3. The second-order valence-corrected chi connectivity index (χ2v) is 8.03. The molecule has 2 aliphatic rings. The first-order chi connectivity index (χ1) is 10.9. The van der Waals surface area contributed by atoms with E-state index >= 15 is 0 Å². The predicted octanol–water partition coefficient (Wildman–Crippen LogP) is 3.76. The summed E-state index contributed by atoms with van der Waals surface area (Å²) in [6.45, 7) is 3.14. The van der Waals surface area contributed by atoms with E-state index in [-0.39, 0.29) is 5.91 Å². The number of H-pyrrole nitrogens is 1. The third-order valence-corrected chi connectivity index (χ3v) is 6.12. The largest absolute Gasteiger partial charge is 0.346 e. The highest BCUT2D eigenvalue weighted by Gasteiger charge is 2.68. The smallest absolute Gasteiger partial charge is 0.231 e. The van der Waals surface area contributed by atoms with Crippen molar-refractivity contribution >= 4 is 45.7 Å². The molecule has 0 aromatic carbocycles. The van der Waals surface area contributed by atoms with Crippen LogP contribution in [0.4, 0.5) is 0 Å². The number of carbonyl (C=O) groups excluding carboxylic acids is 1. The molecule has 1 atom stereocenters. The zero-order valence-electron chi connectivity index (χ0n) is 12.8. The highest BCUT2D eigenvalue weighted by Crippen LogP contribution is 2.64. The third-order valence-electron chi connectivity index (χ3n) is 5.02. The molecule has 4 nitrogen and oxygen atoms in total. The summed E-state index contributed by atoms with van der Waals surface area (Å²) in [5, 5.41) is 1.12. The number of rotatable bonds is 2. The van der Waals surface area contributed by atoms with Gasteiger partial charge in [0, 0.05) is 36.4 Å². The molecule has 1 saturated carbocycles. The van der Waals surface area contributed by atoms with Crippen LogP contribution in [0.1, 0.15) is 25.3 Å². The fourth-order valence-electron chi connectivity index (χ4n) is 3.30. The molecule has 23 heavy (non-hydrogen) atoms. The van der Waals surface area contributed by atoms with Crippen LogP contribution in [-0.4, -0.2) is 38.2 Å². The molecule has 1 aliphatic carbocycles. The molecule has 1 N–H and O–H groups in total. The van der Waals surface area contributed by atoms with Gasteiger partial charge >= 0.3 is 0 Å². The van der Waals surface area contributed by atoms with E-state index in [1.54, 1.807) is 6.20 Å². The normalized spacial score (nSPS) is 26.2. The number of hydrogen-bond donors (Lipinski definition) is 1. The predicted molar refractivity (Wildman–Crippen MR) is 92.4 cm³/mol. The van der Waals surface area contributed by atoms with Crippen LogP contribution in [0.2, 0.25) is 0 Å². The van der Waals surface area contributed by atoms with Crippen LogP contribution in [0.15, 0.2) is 30.6 Å². The lowest BCUT2D eigenvalue weighted by Crippen LogP contribution is -2.40. The quantitative estimate of drug-likeness (QED) is 0.839. The number of alkyl halides is 2. The van der Waals surface area contributed by atoms with Crippen LogP contribution in [0.5, 0.6) is 0 Å². The number of aromatic amines is 1. The number of pyridine rings is 1. The Bertz CT molecular complexity index is 826. The first-order valence-corrected chi connectivity index (χ1v) is 8.47. The number of hydrogen-bond acceptors (Lipinski definition) is 2. The van der Waals surface area contributed by atoms with E-state index in [4.69, 9.17) is 23.2 Å². The Hall–Kier alpha value is -1.52. The van der Waals surface area contributed by atoms with Gasteiger partial charge in [-0.25, -0.2) is 4.98 Å². The highest BCUT2D eigenvalue weighted by molar-refractivity contribution is 6.53. The van der Waals surface area contributed by atoms with Gasteiger partial charge in [-0.05, 0) is 37.5 Å². The van der Waals surface area contributed by atoms with E-state index in [1.807, 2.05) is 24.1 Å². The average molecular weight is 350 g/mol. The van der Waals surface area contributed by atoms with Gasteiger partial charge in [0.25, 0.3) is 0 Å². The molecule has 0 unspecified atom stereocenters. The summed E-state index contributed by atoms with van der Waals surface area (Å²) in [5.41, 5.74) is 2.67. The molecule has 0 saturated heterocycles. The maximum atomic E-state index is 12.6. The molecule has 6 heteroatoms. The van der Waals surface area contributed by atoms with Gasteiger partial charge in [0.15, 0.2) is 0 Å². The maximum Gasteiger partial charge on any atom is 0.231 e. The fourth-order valence-corrected chi connectivity index (χ4v) is 4.00. The standard InChI is InChI=1S/C17H17Cl2N3O/c1-16(10-17(16,18)19)15(23)22-7-4-11(5-8-22)13-9-21-14-12(13)3-2-6-20-14/h2-4,6,9H,5,7-8,10H2,1H3,(H,20,21)/t16-/m0/s1. The molecule has 2 aromatic rings. The van der Waals surface area contributed by atoms with Crippen molar-refractivity contribution in [2.45, 2.75) is 24.1 Å². The van der Waals surface area contributed by atoms with Gasteiger partial charge in [-0.15, -0.1) is 23.2 Å². The molecular weight excluding hydrogens is 333 g/mol. The van der Waals surface area contributed by atoms with Crippen LogP contribution in [0, 0.1) is 5.41 Å². The van der Waals surface area contributed by atoms with Crippen molar-refractivity contribution in [2.24, 2.45) is 5.41 Å². The van der Waals surface area contributed by atoms with E-state index < -0.39 is 9.75 Å². The molecule has 4 rings (SSSR count). The molecule has 1 fully saturated rings.